The molecular formula is C22H27N3O. The van der Waals surface area contributed by atoms with Gasteiger partial charge in [-0.1, -0.05) is 18.2 Å². The molecule has 2 aromatic rings. The molecule has 1 spiro atoms. The van der Waals surface area contributed by atoms with Crippen molar-refractivity contribution in [2.45, 2.75) is 25.7 Å². The number of para-hydroxylation sites is 1. The fourth-order valence-electron chi connectivity index (χ4n) is 4.68. The molecule has 1 unspecified atom stereocenters. The molecule has 0 radical (unpaired) electrons. The van der Waals surface area contributed by atoms with Crippen LogP contribution in [0.2, 0.25) is 0 Å². The van der Waals surface area contributed by atoms with Crippen molar-refractivity contribution in [2.75, 3.05) is 37.3 Å². The van der Waals surface area contributed by atoms with Gasteiger partial charge in [-0.3, -0.25) is 4.79 Å². The van der Waals surface area contributed by atoms with Crippen LogP contribution in [0.5, 0.6) is 0 Å². The molecule has 26 heavy (non-hydrogen) atoms. The highest BCUT2D eigenvalue weighted by atomic mass is 16.2. The number of rotatable bonds is 1. The zero-order valence-corrected chi connectivity index (χ0v) is 15.4. The van der Waals surface area contributed by atoms with Crippen molar-refractivity contribution in [1.29, 1.82) is 0 Å². The van der Waals surface area contributed by atoms with Gasteiger partial charge in [0.1, 0.15) is 0 Å². The summed E-state index contributed by atoms with van der Waals surface area (Å²) in [6, 6.07) is 15.7. The number of hydrogen-bond donors (Lipinski definition) is 1. The maximum Gasteiger partial charge on any atom is 0.258 e. The first-order chi connectivity index (χ1) is 12.6. The van der Waals surface area contributed by atoms with E-state index in [0.29, 0.717) is 11.3 Å². The zero-order chi connectivity index (χ0) is 18.1. The molecular weight excluding hydrogens is 322 g/mol. The van der Waals surface area contributed by atoms with Crippen molar-refractivity contribution in [1.82, 2.24) is 4.90 Å². The molecule has 1 amide bonds. The molecule has 0 aromatic heterocycles. The smallest absolute Gasteiger partial charge is 0.258 e. The third kappa shape index (κ3) is 3.21. The summed E-state index contributed by atoms with van der Waals surface area (Å²) in [5.41, 5.74) is 9.81. The first-order valence-corrected chi connectivity index (χ1v) is 9.50. The first-order valence-electron chi connectivity index (χ1n) is 9.50. The Labute approximate surface area is 155 Å². The number of nitrogens with two attached hydrogens (primary N) is 1. The highest BCUT2D eigenvalue weighted by Crippen LogP contribution is 2.42. The van der Waals surface area contributed by atoms with E-state index < -0.39 is 0 Å². The first kappa shape index (κ1) is 17.1. The maximum absolute atomic E-state index is 13.2. The summed E-state index contributed by atoms with van der Waals surface area (Å²) in [6.07, 6.45) is 4.59. The molecule has 0 saturated carbocycles. The van der Waals surface area contributed by atoms with Crippen LogP contribution in [0.3, 0.4) is 0 Å². The molecule has 2 aliphatic heterocycles. The molecule has 1 saturated heterocycles. The van der Waals surface area contributed by atoms with Crippen LogP contribution < -0.4 is 10.6 Å². The summed E-state index contributed by atoms with van der Waals surface area (Å²) < 4.78 is 0. The quantitative estimate of drug-likeness (QED) is 0.801. The van der Waals surface area contributed by atoms with E-state index >= 15 is 0 Å². The number of fused-ring (bicyclic) bond motifs is 1. The number of carbonyl (C=O) groups is 1. The lowest BCUT2D eigenvalue weighted by Gasteiger charge is -2.41. The molecule has 4 rings (SSSR count). The second kappa shape index (κ2) is 6.76. The highest BCUT2D eigenvalue weighted by Gasteiger charge is 2.38. The monoisotopic (exact) mass is 349 g/mol. The number of carbonyl (C=O) groups excluding carboxylic acids is 1. The van der Waals surface area contributed by atoms with Gasteiger partial charge in [0, 0.05) is 30.0 Å². The van der Waals surface area contributed by atoms with E-state index in [1.165, 1.54) is 24.9 Å². The van der Waals surface area contributed by atoms with Crippen molar-refractivity contribution >= 4 is 17.3 Å². The molecule has 1 atom stereocenters. The molecule has 0 aliphatic carbocycles. The molecule has 1 fully saturated rings. The van der Waals surface area contributed by atoms with E-state index in [-0.39, 0.29) is 11.3 Å². The topological polar surface area (TPSA) is 49.6 Å². The average Bonchev–Trinajstić information content (AvgIpc) is 2.78. The average molecular weight is 349 g/mol. The minimum absolute atomic E-state index is 0.0682. The van der Waals surface area contributed by atoms with Crippen molar-refractivity contribution < 1.29 is 4.79 Å². The Balaban J connectivity index is 1.69. The lowest BCUT2D eigenvalue weighted by molar-refractivity contribution is 0.0944. The Hall–Kier alpha value is -2.33. The second-order valence-corrected chi connectivity index (χ2v) is 7.98. The van der Waals surface area contributed by atoms with Crippen LogP contribution in [0.25, 0.3) is 0 Å². The second-order valence-electron chi connectivity index (χ2n) is 7.98. The summed E-state index contributed by atoms with van der Waals surface area (Å²) in [5.74, 6) is 0.0682. The maximum atomic E-state index is 13.2. The Morgan fingerprint density at radius 3 is 2.58 bits per heavy atom. The van der Waals surface area contributed by atoms with Gasteiger partial charge in [0.2, 0.25) is 0 Å². The van der Waals surface area contributed by atoms with E-state index in [2.05, 4.69) is 30.1 Å². The van der Waals surface area contributed by atoms with Crippen LogP contribution >= 0.6 is 0 Å². The van der Waals surface area contributed by atoms with Crippen molar-refractivity contribution in [2.24, 2.45) is 5.41 Å². The normalized spacial score (nSPS) is 23.5. The minimum Gasteiger partial charge on any atom is -0.399 e. The van der Waals surface area contributed by atoms with Gasteiger partial charge in [-0.15, -0.1) is 0 Å². The van der Waals surface area contributed by atoms with E-state index in [1.807, 2.05) is 23.1 Å². The Morgan fingerprint density at radius 1 is 1.04 bits per heavy atom. The predicted octanol–water partition coefficient (Wildman–Crippen LogP) is 3.57. The molecule has 4 nitrogen and oxygen atoms in total. The fourth-order valence-corrected chi connectivity index (χ4v) is 4.68. The lowest BCUT2D eigenvalue weighted by atomic mass is 9.73. The number of likely N-dealkylation sites (tertiary alicyclic amines) is 1. The van der Waals surface area contributed by atoms with Crippen molar-refractivity contribution in [3.63, 3.8) is 0 Å². The van der Waals surface area contributed by atoms with Gasteiger partial charge in [-0.25, -0.2) is 0 Å². The molecule has 2 aromatic carbocycles. The van der Waals surface area contributed by atoms with E-state index in [1.54, 1.807) is 12.1 Å². The number of piperidine rings is 1. The Kier molecular flexibility index (Phi) is 4.45. The van der Waals surface area contributed by atoms with Crippen LogP contribution in [0.15, 0.2) is 48.5 Å². The van der Waals surface area contributed by atoms with Gasteiger partial charge in [-0.05, 0) is 80.6 Å². The third-order valence-electron chi connectivity index (χ3n) is 5.97. The van der Waals surface area contributed by atoms with Gasteiger partial charge in [0.15, 0.2) is 0 Å². The van der Waals surface area contributed by atoms with Gasteiger partial charge in [0.25, 0.3) is 5.91 Å². The Bertz CT molecular complexity index is 801. The van der Waals surface area contributed by atoms with Crippen molar-refractivity contribution in [3.05, 3.63) is 59.7 Å². The summed E-state index contributed by atoms with van der Waals surface area (Å²) in [5, 5.41) is 0. The minimum atomic E-state index is 0.0682. The molecule has 136 valence electrons. The van der Waals surface area contributed by atoms with Crippen LogP contribution in [0.1, 0.15) is 35.2 Å². The van der Waals surface area contributed by atoms with E-state index in [4.69, 9.17) is 5.73 Å². The molecule has 2 heterocycles. The SMILES string of the molecule is CN1CCCC2(CCN(C(=O)c3ccc(N)cc3)c3ccccc3C2)C1. The van der Waals surface area contributed by atoms with E-state index in [0.717, 1.165) is 31.6 Å². The van der Waals surface area contributed by atoms with Gasteiger partial charge in [0.05, 0.1) is 0 Å². The number of benzene rings is 2. The number of hydrogen-bond acceptors (Lipinski definition) is 3. The van der Waals surface area contributed by atoms with Gasteiger partial charge in [-0.2, -0.15) is 0 Å². The van der Waals surface area contributed by atoms with Crippen LogP contribution in [-0.2, 0) is 6.42 Å². The molecule has 2 aliphatic rings. The zero-order valence-electron chi connectivity index (χ0n) is 15.4. The predicted molar refractivity (Wildman–Crippen MR) is 106 cm³/mol. The third-order valence-corrected chi connectivity index (χ3v) is 5.97. The summed E-state index contributed by atoms with van der Waals surface area (Å²) in [6.45, 7) is 3.07. The summed E-state index contributed by atoms with van der Waals surface area (Å²) in [4.78, 5) is 17.7. The highest BCUT2D eigenvalue weighted by molar-refractivity contribution is 6.06. The standard InChI is InChI=1S/C22H27N3O/c1-24-13-4-11-22(16-24)12-14-25(20-6-3-2-5-18(20)15-22)21(26)17-7-9-19(23)10-8-17/h2-3,5-10H,4,11-16,23H2,1H3. The molecule has 4 heteroatoms. The lowest BCUT2D eigenvalue weighted by Crippen LogP contribution is -2.43. The summed E-state index contributed by atoms with van der Waals surface area (Å²) >= 11 is 0. The number of anilines is 2. The Morgan fingerprint density at radius 2 is 1.81 bits per heavy atom. The number of nitrogen functional groups attached to an aromatic ring is 1. The van der Waals surface area contributed by atoms with Crippen LogP contribution in [-0.4, -0.2) is 37.5 Å². The molecule has 0 bridgehead atoms. The van der Waals surface area contributed by atoms with Gasteiger partial charge < -0.3 is 15.5 Å². The van der Waals surface area contributed by atoms with Crippen LogP contribution in [0.4, 0.5) is 11.4 Å². The number of amides is 1. The van der Waals surface area contributed by atoms with Gasteiger partial charge >= 0.3 is 0 Å². The largest absolute Gasteiger partial charge is 0.399 e. The fraction of sp³-hybridized carbons (Fsp3) is 0.409. The van der Waals surface area contributed by atoms with Crippen LogP contribution in [0, 0.1) is 5.41 Å². The number of nitrogens with zero attached hydrogens (tertiary/aromatic N) is 2. The molecule has 2 N–H and O–H groups in total. The summed E-state index contributed by atoms with van der Waals surface area (Å²) in [7, 11) is 2.22. The van der Waals surface area contributed by atoms with E-state index in [9.17, 15) is 4.79 Å². The van der Waals surface area contributed by atoms with Crippen molar-refractivity contribution in [3.8, 4) is 0 Å².